The summed E-state index contributed by atoms with van der Waals surface area (Å²) in [6.45, 7) is 4.35. The predicted molar refractivity (Wildman–Crippen MR) is 72.0 cm³/mol. The van der Waals surface area contributed by atoms with Gasteiger partial charge in [0.15, 0.2) is 0 Å². The Kier molecular flexibility index (Phi) is 2.99. The van der Waals surface area contributed by atoms with Gasteiger partial charge in [-0.3, -0.25) is 4.90 Å². The largest absolute Gasteiger partial charge is 0.479 e. The van der Waals surface area contributed by atoms with Crippen LogP contribution in [-0.2, 0) is 0 Å². The topological polar surface area (TPSA) is 54.6 Å². The van der Waals surface area contributed by atoms with Crippen molar-refractivity contribution in [1.29, 1.82) is 0 Å². The highest BCUT2D eigenvalue weighted by atomic mass is 16.5. The number of nitrogens with zero attached hydrogens (tertiary/aromatic N) is 3. The van der Waals surface area contributed by atoms with Crippen molar-refractivity contribution in [3.63, 3.8) is 0 Å². The van der Waals surface area contributed by atoms with Crippen molar-refractivity contribution >= 4 is 11.5 Å². The molecule has 0 spiro atoms. The van der Waals surface area contributed by atoms with Crippen molar-refractivity contribution in [3.05, 3.63) is 12.1 Å². The van der Waals surface area contributed by atoms with E-state index in [9.17, 15) is 0 Å². The van der Waals surface area contributed by atoms with Crippen LogP contribution in [0.2, 0.25) is 0 Å². The summed E-state index contributed by atoms with van der Waals surface area (Å²) in [4.78, 5) is 9.35. The van der Waals surface area contributed by atoms with Gasteiger partial charge >= 0.3 is 0 Å². The van der Waals surface area contributed by atoms with E-state index in [1.54, 1.807) is 7.11 Å². The first-order valence-corrected chi connectivity index (χ1v) is 6.57. The first kappa shape index (κ1) is 11.6. The summed E-state index contributed by atoms with van der Waals surface area (Å²) < 4.78 is 5.17. The molecule has 1 aliphatic heterocycles. The fourth-order valence-corrected chi connectivity index (χ4v) is 2.54. The minimum absolute atomic E-state index is 0.525. The van der Waals surface area contributed by atoms with E-state index in [1.807, 2.05) is 12.1 Å². The molecule has 1 aromatic heterocycles. The Balaban J connectivity index is 1.67. The number of anilines is 2. The molecule has 1 saturated heterocycles. The number of pyridine rings is 1. The molecule has 2 heterocycles. The zero-order valence-corrected chi connectivity index (χ0v) is 10.8. The van der Waals surface area contributed by atoms with Crippen LogP contribution < -0.4 is 15.4 Å². The summed E-state index contributed by atoms with van der Waals surface area (Å²) >= 11 is 0. The van der Waals surface area contributed by atoms with Crippen molar-refractivity contribution in [2.24, 2.45) is 0 Å². The molecule has 5 heteroatoms. The molecule has 18 heavy (non-hydrogen) atoms. The van der Waals surface area contributed by atoms with E-state index in [0.717, 1.165) is 38.0 Å². The first-order chi connectivity index (χ1) is 8.78. The molecular formula is C13H20N4O. The van der Waals surface area contributed by atoms with Gasteiger partial charge in [-0.25, -0.2) is 0 Å². The normalized spacial score (nSPS) is 21.1. The zero-order chi connectivity index (χ0) is 12.5. The molecule has 0 bridgehead atoms. The second-order valence-corrected chi connectivity index (χ2v) is 5.02. The average molecular weight is 248 g/mol. The fourth-order valence-electron chi connectivity index (χ4n) is 2.54. The highest BCUT2D eigenvalue weighted by molar-refractivity contribution is 5.54. The predicted octanol–water partition coefficient (Wildman–Crippen LogP) is 0.957. The van der Waals surface area contributed by atoms with Gasteiger partial charge < -0.3 is 15.4 Å². The number of hydrogen-bond donors (Lipinski definition) is 1. The van der Waals surface area contributed by atoms with Gasteiger partial charge in [0.05, 0.1) is 12.8 Å². The van der Waals surface area contributed by atoms with Crippen LogP contribution in [0.1, 0.15) is 12.8 Å². The quantitative estimate of drug-likeness (QED) is 0.863. The third kappa shape index (κ3) is 2.22. The highest BCUT2D eigenvalue weighted by Gasteiger charge is 2.31. The summed E-state index contributed by atoms with van der Waals surface area (Å²) in [6.07, 6.45) is 2.77. The number of ether oxygens (including phenoxy) is 1. The number of nitrogen functional groups attached to an aromatic ring is 1. The molecule has 0 amide bonds. The van der Waals surface area contributed by atoms with Gasteiger partial charge in [0.1, 0.15) is 5.82 Å². The maximum atomic E-state index is 5.79. The van der Waals surface area contributed by atoms with Crippen molar-refractivity contribution in [2.45, 2.75) is 18.9 Å². The van der Waals surface area contributed by atoms with E-state index in [2.05, 4.69) is 14.8 Å². The summed E-state index contributed by atoms with van der Waals surface area (Å²) in [5, 5.41) is 0. The molecule has 0 radical (unpaired) electrons. The van der Waals surface area contributed by atoms with Gasteiger partial charge in [-0.1, -0.05) is 0 Å². The summed E-state index contributed by atoms with van der Waals surface area (Å²) in [5.41, 5.74) is 6.38. The lowest BCUT2D eigenvalue weighted by Crippen LogP contribution is -2.47. The number of methoxy groups -OCH3 is 1. The number of piperazine rings is 1. The number of aromatic nitrogens is 1. The summed E-state index contributed by atoms with van der Waals surface area (Å²) in [6, 6.07) is 4.71. The van der Waals surface area contributed by atoms with Gasteiger partial charge in [0.2, 0.25) is 5.88 Å². The highest BCUT2D eigenvalue weighted by Crippen LogP contribution is 2.29. The molecule has 1 aliphatic carbocycles. The molecule has 2 fully saturated rings. The Labute approximate surface area is 108 Å². The minimum atomic E-state index is 0.525. The summed E-state index contributed by atoms with van der Waals surface area (Å²) in [7, 11) is 1.60. The molecule has 1 saturated carbocycles. The van der Waals surface area contributed by atoms with Crippen LogP contribution in [0.4, 0.5) is 11.5 Å². The van der Waals surface area contributed by atoms with Crippen LogP contribution in [-0.4, -0.2) is 49.2 Å². The Morgan fingerprint density at radius 3 is 2.56 bits per heavy atom. The Morgan fingerprint density at radius 2 is 1.94 bits per heavy atom. The lowest BCUT2D eigenvalue weighted by Gasteiger charge is -2.35. The third-order valence-electron chi connectivity index (χ3n) is 3.77. The standard InChI is InChI=1S/C13H20N4O/c1-18-13-11(14)4-5-12(15-13)17-8-6-16(7-9-17)10-2-3-10/h4-5,10H,2-3,6-9,14H2,1H3. The number of rotatable bonds is 3. The summed E-state index contributed by atoms with van der Waals surface area (Å²) in [5.74, 6) is 1.49. The lowest BCUT2D eigenvalue weighted by atomic mass is 10.3. The number of nitrogens with two attached hydrogens (primary N) is 1. The van der Waals surface area contributed by atoms with E-state index in [0.29, 0.717) is 11.6 Å². The van der Waals surface area contributed by atoms with Crippen molar-refractivity contribution < 1.29 is 4.74 Å². The van der Waals surface area contributed by atoms with Gasteiger partial charge in [-0.05, 0) is 25.0 Å². The minimum Gasteiger partial charge on any atom is -0.479 e. The molecule has 5 nitrogen and oxygen atoms in total. The van der Waals surface area contributed by atoms with E-state index >= 15 is 0 Å². The van der Waals surface area contributed by atoms with Crippen LogP contribution in [0.15, 0.2) is 12.1 Å². The molecule has 1 aromatic rings. The second kappa shape index (κ2) is 4.65. The average Bonchev–Trinajstić information content (AvgIpc) is 3.24. The van der Waals surface area contributed by atoms with Crippen LogP contribution in [0.5, 0.6) is 5.88 Å². The van der Waals surface area contributed by atoms with Gasteiger partial charge in [0.25, 0.3) is 0 Å². The van der Waals surface area contributed by atoms with Crippen LogP contribution in [0.3, 0.4) is 0 Å². The SMILES string of the molecule is COc1nc(N2CCN(C3CC3)CC2)ccc1N. The van der Waals surface area contributed by atoms with E-state index in [4.69, 9.17) is 10.5 Å². The van der Waals surface area contributed by atoms with E-state index in [-0.39, 0.29) is 0 Å². The molecule has 0 unspecified atom stereocenters. The molecule has 98 valence electrons. The monoisotopic (exact) mass is 248 g/mol. The molecular weight excluding hydrogens is 228 g/mol. The Hall–Kier alpha value is -1.49. The van der Waals surface area contributed by atoms with E-state index < -0.39 is 0 Å². The van der Waals surface area contributed by atoms with Crippen molar-refractivity contribution in [1.82, 2.24) is 9.88 Å². The molecule has 3 rings (SSSR count). The molecule has 0 aromatic carbocycles. The van der Waals surface area contributed by atoms with Crippen LogP contribution in [0.25, 0.3) is 0 Å². The lowest BCUT2D eigenvalue weighted by molar-refractivity contribution is 0.247. The number of hydrogen-bond acceptors (Lipinski definition) is 5. The smallest absolute Gasteiger partial charge is 0.238 e. The first-order valence-electron chi connectivity index (χ1n) is 6.57. The second-order valence-electron chi connectivity index (χ2n) is 5.02. The van der Waals surface area contributed by atoms with Crippen LogP contribution in [0, 0.1) is 0 Å². The Bertz CT molecular complexity index is 425. The molecule has 0 atom stereocenters. The maximum Gasteiger partial charge on any atom is 0.238 e. The van der Waals surface area contributed by atoms with Gasteiger partial charge in [-0.15, -0.1) is 0 Å². The Morgan fingerprint density at radius 1 is 1.22 bits per heavy atom. The maximum absolute atomic E-state index is 5.79. The van der Waals surface area contributed by atoms with Gasteiger partial charge in [0, 0.05) is 32.2 Å². The van der Waals surface area contributed by atoms with Crippen LogP contribution >= 0.6 is 0 Å². The van der Waals surface area contributed by atoms with E-state index in [1.165, 1.54) is 12.8 Å². The van der Waals surface area contributed by atoms with Crippen molar-refractivity contribution in [3.8, 4) is 5.88 Å². The van der Waals surface area contributed by atoms with Crippen molar-refractivity contribution in [2.75, 3.05) is 43.9 Å². The molecule has 2 N–H and O–H groups in total. The third-order valence-corrected chi connectivity index (χ3v) is 3.77. The fraction of sp³-hybridized carbons (Fsp3) is 0.615. The zero-order valence-electron chi connectivity index (χ0n) is 10.8. The molecule has 2 aliphatic rings. The van der Waals surface area contributed by atoms with Gasteiger partial charge in [-0.2, -0.15) is 4.98 Å².